The van der Waals surface area contributed by atoms with E-state index in [1.54, 1.807) is 0 Å². The second-order valence-electron chi connectivity index (χ2n) is 3.43. The molecular weight excluding hydrogens is 172 g/mol. The molecule has 1 aromatic heterocycles. The Morgan fingerprint density at radius 2 is 2.00 bits per heavy atom. The van der Waals surface area contributed by atoms with Gasteiger partial charge in [0.05, 0.1) is 0 Å². The van der Waals surface area contributed by atoms with Gasteiger partial charge in [0.15, 0.2) is 0 Å². The first kappa shape index (κ1) is 7.56. The Bertz CT molecular complexity index is 432. The van der Waals surface area contributed by atoms with Crippen LogP contribution < -0.4 is 5.32 Å². The molecule has 0 radical (unpaired) electrons. The number of nitrogens with zero attached hydrogens (tertiary/aromatic N) is 1. The number of nitrogens with one attached hydrogen (secondary N) is 1. The largest absolute Gasteiger partial charge is 0.380 e. The first-order chi connectivity index (χ1) is 6.95. The van der Waals surface area contributed by atoms with Crippen molar-refractivity contribution in [3.8, 4) is 11.1 Å². The highest BCUT2D eigenvalue weighted by Crippen LogP contribution is 2.34. The highest BCUT2D eigenvalue weighted by molar-refractivity contribution is 5.82. The fraction of sp³-hybridized carbons (Fsp3) is 0.0833. The van der Waals surface area contributed by atoms with Gasteiger partial charge in [0.1, 0.15) is 0 Å². The standard InChI is InChI=1S/C12H10N2/c1-2-4-12-11(3-1)10-5-6-13-7-9(10)8-14-12/h1-7,14H,8H2. The maximum Gasteiger partial charge on any atom is 0.0422 e. The molecule has 3 rings (SSSR count). The van der Waals surface area contributed by atoms with Crippen molar-refractivity contribution in [1.82, 2.24) is 4.98 Å². The van der Waals surface area contributed by atoms with E-state index in [1.807, 2.05) is 12.4 Å². The molecule has 0 fully saturated rings. The molecule has 1 aromatic carbocycles. The average Bonchev–Trinajstić information content (AvgIpc) is 2.29. The molecule has 2 heterocycles. The SMILES string of the molecule is c1ccc2c(c1)NCc1cnccc1-2. The minimum absolute atomic E-state index is 0.875. The van der Waals surface area contributed by atoms with Crippen molar-refractivity contribution in [2.75, 3.05) is 5.32 Å². The molecule has 0 unspecified atom stereocenters. The summed E-state index contributed by atoms with van der Waals surface area (Å²) < 4.78 is 0. The summed E-state index contributed by atoms with van der Waals surface area (Å²) in [6, 6.07) is 10.4. The lowest BCUT2D eigenvalue weighted by molar-refractivity contribution is 1.09. The van der Waals surface area contributed by atoms with Crippen molar-refractivity contribution in [3.63, 3.8) is 0 Å². The summed E-state index contributed by atoms with van der Waals surface area (Å²) >= 11 is 0. The van der Waals surface area contributed by atoms with E-state index in [4.69, 9.17) is 0 Å². The molecule has 0 amide bonds. The van der Waals surface area contributed by atoms with Gasteiger partial charge in [-0.2, -0.15) is 0 Å². The molecule has 0 atom stereocenters. The number of hydrogen-bond acceptors (Lipinski definition) is 2. The summed E-state index contributed by atoms with van der Waals surface area (Å²) in [5.74, 6) is 0. The number of anilines is 1. The van der Waals surface area contributed by atoms with Crippen LogP contribution in [0.4, 0.5) is 5.69 Å². The first-order valence-electron chi connectivity index (χ1n) is 4.71. The molecule has 68 valence electrons. The van der Waals surface area contributed by atoms with Crippen LogP contribution in [0.25, 0.3) is 11.1 Å². The molecule has 0 bridgehead atoms. The fourth-order valence-corrected chi connectivity index (χ4v) is 1.89. The third kappa shape index (κ3) is 1.01. The quantitative estimate of drug-likeness (QED) is 0.677. The second kappa shape index (κ2) is 2.84. The van der Waals surface area contributed by atoms with Crippen LogP contribution in [0.15, 0.2) is 42.7 Å². The van der Waals surface area contributed by atoms with E-state index in [-0.39, 0.29) is 0 Å². The fourth-order valence-electron chi connectivity index (χ4n) is 1.89. The summed E-state index contributed by atoms with van der Waals surface area (Å²) in [5, 5.41) is 3.38. The lowest BCUT2D eigenvalue weighted by Crippen LogP contribution is -2.08. The van der Waals surface area contributed by atoms with Crippen molar-refractivity contribution >= 4 is 5.69 Å². The third-order valence-electron chi connectivity index (χ3n) is 2.59. The zero-order valence-electron chi connectivity index (χ0n) is 7.70. The topological polar surface area (TPSA) is 24.9 Å². The number of benzene rings is 1. The Kier molecular flexibility index (Phi) is 1.53. The number of pyridine rings is 1. The van der Waals surface area contributed by atoms with Crippen LogP contribution in [0, 0.1) is 0 Å². The highest BCUT2D eigenvalue weighted by atomic mass is 14.9. The summed E-state index contributed by atoms with van der Waals surface area (Å²) in [6.07, 6.45) is 3.78. The van der Waals surface area contributed by atoms with Crippen LogP contribution in [0.1, 0.15) is 5.56 Å². The van der Waals surface area contributed by atoms with Gasteiger partial charge >= 0.3 is 0 Å². The monoisotopic (exact) mass is 182 g/mol. The normalized spacial score (nSPS) is 12.6. The lowest BCUT2D eigenvalue weighted by atomic mass is 9.97. The number of para-hydroxylation sites is 1. The lowest BCUT2D eigenvalue weighted by Gasteiger charge is -2.20. The van der Waals surface area contributed by atoms with Crippen molar-refractivity contribution in [1.29, 1.82) is 0 Å². The van der Waals surface area contributed by atoms with Crippen LogP contribution in [0.3, 0.4) is 0 Å². The van der Waals surface area contributed by atoms with Gasteiger partial charge in [0.25, 0.3) is 0 Å². The third-order valence-corrected chi connectivity index (χ3v) is 2.59. The molecule has 0 spiro atoms. The Hall–Kier alpha value is -1.83. The van der Waals surface area contributed by atoms with E-state index in [0.717, 1.165) is 6.54 Å². The maximum atomic E-state index is 4.13. The molecule has 0 saturated heterocycles. The number of aromatic nitrogens is 1. The van der Waals surface area contributed by atoms with Crippen LogP contribution in [0.2, 0.25) is 0 Å². The van der Waals surface area contributed by atoms with Gasteiger partial charge in [-0.1, -0.05) is 18.2 Å². The zero-order chi connectivity index (χ0) is 9.38. The van der Waals surface area contributed by atoms with Crippen LogP contribution in [-0.2, 0) is 6.54 Å². The second-order valence-corrected chi connectivity index (χ2v) is 3.43. The van der Waals surface area contributed by atoms with Crippen molar-refractivity contribution in [2.45, 2.75) is 6.54 Å². The molecule has 0 aliphatic carbocycles. The van der Waals surface area contributed by atoms with Crippen molar-refractivity contribution < 1.29 is 0 Å². The van der Waals surface area contributed by atoms with E-state index in [1.165, 1.54) is 22.4 Å². The van der Waals surface area contributed by atoms with Crippen LogP contribution >= 0.6 is 0 Å². The predicted molar refractivity (Wildman–Crippen MR) is 57.0 cm³/mol. The van der Waals surface area contributed by atoms with Gasteiger partial charge < -0.3 is 5.32 Å². The summed E-state index contributed by atoms with van der Waals surface area (Å²) in [5.41, 5.74) is 5.06. The molecule has 2 aromatic rings. The number of hydrogen-bond donors (Lipinski definition) is 1. The van der Waals surface area contributed by atoms with E-state index < -0.39 is 0 Å². The predicted octanol–water partition coefficient (Wildman–Crippen LogP) is 2.67. The van der Waals surface area contributed by atoms with Crippen LogP contribution in [-0.4, -0.2) is 4.98 Å². The summed E-state index contributed by atoms with van der Waals surface area (Å²) in [4.78, 5) is 4.13. The zero-order valence-corrected chi connectivity index (χ0v) is 7.70. The van der Waals surface area contributed by atoms with Gasteiger partial charge in [-0.05, 0) is 23.3 Å². The van der Waals surface area contributed by atoms with Gasteiger partial charge in [0, 0.05) is 30.2 Å². The molecule has 0 saturated carbocycles. The molecule has 1 N–H and O–H groups in total. The summed E-state index contributed by atoms with van der Waals surface area (Å²) in [6.45, 7) is 0.875. The number of rotatable bonds is 0. The molecule has 1 aliphatic heterocycles. The van der Waals surface area contributed by atoms with Gasteiger partial charge in [-0.25, -0.2) is 0 Å². The van der Waals surface area contributed by atoms with Crippen molar-refractivity contribution in [3.05, 3.63) is 48.3 Å². The minimum Gasteiger partial charge on any atom is -0.380 e. The maximum absolute atomic E-state index is 4.13. The minimum atomic E-state index is 0.875. The summed E-state index contributed by atoms with van der Waals surface area (Å²) in [7, 11) is 0. The Morgan fingerprint density at radius 3 is 3.00 bits per heavy atom. The first-order valence-corrected chi connectivity index (χ1v) is 4.71. The van der Waals surface area contributed by atoms with E-state index >= 15 is 0 Å². The molecule has 2 heteroatoms. The molecule has 1 aliphatic rings. The molecular formula is C12H10N2. The smallest absolute Gasteiger partial charge is 0.0422 e. The Labute approximate surface area is 82.6 Å². The van der Waals surface area contributed by atoms with Gasteiger partial charge in [-0.15, -0.1) is 0 Å². The van der Waals surface area contributed by atoms with E-state index in [2.05, 4.69) is 40.6 Å². The average molecular weight is 182 g/mol. The van der Waals surface area contributed by atoms with E-state index in [9.17, 15) is 0 Å². The van der Waals surface area contributed by atoms with Gasteiger partial charge in [-0.3, -0.25) is 4.98 Å². The molecule has 2 nitrogen and oxygen atoms in total. The number of fused-ring (bicyclic) bond motifs is 3. The highest BCUT2D eigenvalue weighted by Gasteiger charge is 2.13. The van der Waals surface area contributed by atoms with Crippen LogP contribution in [0.5, 0.6) is 0 Å². The van der Waals surface area contributed by atoms with Crippen molar-refractivity contribution in [2.24, 2.45) is 0 Å². The Morgan fingerprint density at radius 1 is 1.07 bits per heavy atom. The van der Waals surface area contributed by atoms with E-state index in [0.29, 0.717) is 0 Å². The Balaban J connectivity index is 2.29. The molecule has 14 heavy (non-hydrogen) atoms. The van der Waals surface area contributed by atoms with Gasteiger partial charge in [0.2, 0.25) is 0 Å².